The maximum atomic E-state index is 13.3. The molecule has 0 aliphatic heterocycles. The van der Waals surface area contributed by atoms with Crippen LogP contribution in [0.15, 0.2) is 96.2 Å². The van der Waals surface area contributed by atoms with Crippen molar-refractivity contribution in [3.8, 4) is 16.8 Å². The van der Waals surface area contributed by atoms with E-state index >= 15 is 0 Å². The number of fused-ring (bicyclic) bond motifs is 4. The molecule has 3 aromatic carbocycles. The number of aryl methyl sites for hydroxylation is 1. The highest BCUT2D eigenvalue weighted by molar-refractivity contribution is 6.04. The third-order valence-electron chi connectivity index (χ3n) is 5.87. The van der Waals surface area contributed by atoms with E-state index in [0.717, 1.165) is 49.5 Å². The lowest BCUT2D eigenvalue weighted by atomic mass is 10.0. The molecule has 0 N–H and O–H groups in total. The van der Waals surface area contributed by atoms with Gasteiger partial charge < -0.3 is 0 Å². The van der Waals surface area contributed by atoms with Crippen LogP contribution in [0.25, 0.3) is 49.5 Å². The molecule has 0 amide bonds. The Kier molecular flexibility index (Phi) is 3.77. The Labute approximate surface area is 177 Å². The Bertz CT molecular complexity index is 1660. The second kappa shape index (κ2) is 6.64. The molecule has 3 heterocycles. The molecule has 0 fully saturated rings. The molecule has 5 heteroatoms. The van der Waals surface area contributed by atoms with Gasteiger partial charge in [-0.25, -0.2) is 4.79 Å². The lowest BCUT2D eigenvalue weighted by molar-refractivity contribution is 0.846. The van der Waals surface area contributed by atoms with Crippen LogP contribution in [0, 0.1) is 0 Å². The van der Waals surface area contributed by atoms with Gasteiger partial charge in [-0.2, -0.15) is 0 Å². The second-order valence-electron chi connectivity index (χ2n) is 7.67. The van der Waals surface area contributed by atoms with Gasteiger partial charge in [0.25, 0.3) is 0 Å². The zero-order valence-electron chi connectivity index (χ0n) is 16.9. The van der Waals surface area contributed by atoms with Crippen LogP contribution in [0.5, 0.6) is 0 Å². The molecule has 3 aromatic heterocycles. The molecule has 6 aromatic rings. The van der Waals surface area contributed by atoms with E-state index in [-0.39, 0.29) is 5.69 Å². The first-order valence-corrected chi connectivity index (χ1v) is 10.1. The van der Waals surface area contributed by atoms with Crippen molar-refractivity contribution in [2.24, 2.45) is 7.05 Å². The van der Waals surface area contributed by atoms with E-state index in [4.69, 9.17) is 0 Å². The SMILES string of the molecule is Cn1c(=O)n(-c2ccc3ccccc3c2)c2c3cc(-c4cccnc4)ccc3ncc21. The lowest BCUT2D eigenvalue weighted by Gasteiger charge is -2.09. The minimum atomic E-state index is -0.0913. The van der Waals surface area contributed by atoms with Crippen LogP contribution in [0.4, 0.5) is 0 Å². The molecule has 0 bridgehead atoms. The summed E-state index contributed by atoms with van der Waals surface area (Å²) in [5.74, 6) is 0. The highest BCUT2D eigenvalue weighted by Crippen LogP contribution is 2.30. The number of imidazole rings is 1. The first-order chi connectivity index (χ1) is 15.2. The van der Waals surface area contributed by atoms with Gasteiger partial charge in [-0.3, -0.25) is 19.1 Å². The van der Waals surface area contributed by atoms with Crippen molar-refractivity contribution in [2.45, 2.75) is 0 Å². The Morgan fingerprint density at radius 1 is 0.806 bits per heavy atom. The van der Waals surface area contributed by atoms with Crippen molar-refractivity contribution in [3.63, 3.8) is 0 Å². The van der Waals surface area contributed by atoms with Gasteiger partial charge >= 0.3 is 5.69 Å². The topological polar surface area (TPSA) is 52.7 Å². The predicted octanol–water partition coefficient (Wildman–Crippen LogP) is 5.09. The molecular formula is C26H18N4O. The van der Waals surface area contributed by atoms with Gasteiger partial charge in [-0.1, -0.05) is 42.5 Å². The third-order valence-corrected chi connectivity index (χ3v) is 5.87. The summed E-state index contributed by atoms with van der Waals surface area (Å²) in [5.41, 5.74) is 5.32. The average molecular weight is 402 g/mol. The highest BCUT2D eigenvalue weighted by atomic mass is 16.1. The number of aromatic nitrogens is 4. The smallest absolute Gasteiger partial charge is 0.293 e. The zero-order valence-corrected chi connectivity index (χ0v) is 16.9. The van der Waals surface area contributed by atoms with E-state index < -0.39 is 0 Å². The lowest BCUT2D eigenvalue weighted by Crippen LogP contribution is -2.20. The minimum absolute atomic E-state index is 0.0913. The summed E-state index contributed by atoms with van der Waals surface area (Å²) in [6.45, 7) is 0. The zero-order chi connectivity index (χ0) is 20.9. The molecule has 0 atom stereocenters. The van der Waals surface area contributed by atoms with Gasteiger partial charge in [0.2, 0.25) is 0 Å². The van der Waals surface area contributed by atoms with E-state index in [2.05, 4.69) is 40.3 Å². The second-order valence-corrected chi connectivity index (χ2v) is 7.67. The van der Waals surface area contributed by atoms with E-state index in [1.54, 1.807) is 28.6 Å². The number of benzene rings is 3. The van der Waals surface area contributed by atoms with Crippen molar-refractivity contribution in [1.82, 2.24) is 19.1 Å². The van der Waals surface area contributed by atoms with Gasteiger partial charge in [0.15, 0.2) is 0 Å². The first-order valence-electron chi connectivity index (χ1n) is 10.1. The van der Waals surface area contributed by atoms with Gasteiger partial charge in [-0.05, 0) is 46.7 Å². The molecule has 6 rings (SSSR count). The molecule has 148 valence electrons. The summed E-state index contributed by atoms with van der Waals surface area (Å²) in [5, 5.41) is 3.17. The molecule has 31 heavy (non-hydrogen) atoms. The van der Waals surface area contributed by atoms with Crippen LogP contribution in [-0.4, -0.2) is 19.1 Å². The summed E-state index contributed by atoms with van der Waals surface area (Å²) in [6.07, 6.45) is 5.38. The van der Waals surface area contributed by atoms with Gasteiger partial charge in [-0.15, -0.1) is 0 Å². The van der Waals surface area contributed by atoms with Crippen LogP contribution in [0.3, 0.4) is 0 Å². The fraction of sp³-hybridized carbons (Fsp3) is 0.0385. The van der Waals surface area contributed by atoms with E-state index in [1.807, 2.05) is 48.7 Å². The Balaban J connectivity index is 1.71. The average Bonchev–Trinajstić information content (AvgIpc) is 3.09. The van der Waals surface area contributed by atoms with Crippen molar-refractivity contribution < 1.29 is 0 Å². The molecule has 0 radical (unpaired) electrons. The highest BCUT2D eigenvalue weighted by Gasteiger charge is 2.17. The Morgan fingerprint density at radius 3 is 2.52 bits per heavy atom. The van der Waals surface area contributed by atoms with E-state index in [1.165, 1.54) is 0 Å². The molecule has 0 spiro atoms. The van der Waals surface area contributed by atoms with Gasteiger partial charge in [0.1, 0.15) is 0 Å². The molecular weight excluding hydrogens is 384 g/mol. The molecule has 0 saturated heterocycles. The van der Waals surface area contributed by atoms with Crippen LogP contribution in [0.2, 0.25) is 0 Å². The molecule has 0 aliphatic rings. The van der Waals surface area contributed by atoms with Crippen LogP contribution >= 0.6 is 0 Å². The number of hydrogen-bond acceptors (Lipinski definition) is 3. The maximum Gasteiger partial charge on any atom is 0.333 e. The fourth-order valence-electron chi connectivity index (χ4n) is 4.27. The minimum Gasteiger partial charge on any atom is -0.293 e. The van der Waals surface area contributed by atoms with E-state index in [9.17, 15) is 4.79 Å². The number of rotatable bonds is 2. The van der Waals surface area contributed by atoms with Crippen molar-refractivity contribution >= 4 is 32.7 Å². The predicted molar refractivity (Wildman–Crippen MR) is 125 cm³/mol. The van der Waals surface area contributed by atoms with Crippen molar-refractivity contribution in [2.75, 3.05) is 0 Å². The maximum absolute atomic E-state index is 13.3. The van der Waals surface area contributed by atoms with Crippen molar-refractivity contribution in [1.29, 1.82) is 0 Å². The summed E-state index contributed by atoms with van der Waals surface area (Å²) in [4.78, 5) is 22.2. The van der Waals surface area contributed by atoms with Gasteiger partial charge in [0.05, 0.1) is 28.4 Å². The Morgan fingerprint density at radius 2 is 1.68 bits per heavy atom. The Hall–Kier alpha value is -4.25. The number of hydrogen-bond donors (Lipinski definition) is 0. The summed E-state index contributed by atoms with van der Waals surface area (Å²) in [6, 6.07) is 24.4. The summed E-state index contributed by atoms with van der Waals surface area (Å²) >= 11 is 0. The fourth-order valence-corrected chi connectivity index (χ4v) is 4.27. The number of pyridine rings is 2. The van der Waals surface area contributed by atoms with Crippen LogP contribution < -0.4 is 5.69 Å². The standard InChI is InChI=1S/C26H18N4O/c1-29-24-16-28-23-11-9-19(20-7-4-12-27-15-20)14-22(23)25(24)30(26(29)31)21-10-8-17-5-2-3-6-18(17)13-21/h2-16H,1H3. The summed E-state index contributed by atoms with van der Waals surface area (Å²) < 4.78 is 3.45. The molecule has 0 aliphatic carbocycles. The summed E-state index contributed by atoms with van der Waals surface area (Å²) in [7, 11) is 1.79. The first kappa shape index (κ1) is 17.6. The van der Waals surface area contributed by atoms with Crippen LogP contribution in [0.1, 0.15) is 0 Å². The van der Waals surface area contributed by atoms with E-state index in [0.29, 0.717) is 0 Å². The number of nitrogens with zero attached hydrogens (tertiary/aromatic N) is 4. The third kappa shape index (κ3) is 2.67. The van der Waals surface area contributed by atoms with Crippen molar-refractivity contribution in [3.05, 3.63) is 102 Å². The van der Waals surface area contributed by atoms with Gasteiger partial charge in [0, 0.05) is 30.4 Å². The quantitative estimate of drug-likeness (QED) is 0.405. The normalized spacial score (nSPS) is 11.5. The molecule has 0 saturated carbocycles. The monoisotopic (exact) mass is 402 g/mol. The largest absolute Gasteiger partial charge is 0.333 e. The molecule has 0 unspecified atom stereocenters. The van der Waals surface area contributed by atoms with Crippen LogP contribution in [-0.2, 0) is 7.05 Å². The molecule has 5 nitrogen and oxygen atoms in total.